The number of fused-ring (bicyclic) bond motifs is 1. The first kappa shape index (κ1) is 17.2. The van der Waals surface area contributed by atoms with Crippen LogP contribution in [0.2, 0.25) is 0 Å². The van der Waals surface area contributed by atoms with Gasteiger partial charge in [-0.15, -0.1) is 0 Å². The molecule has 5 nitrogen and oxygen atoms in total. The maximum absolute atomic E-state index is 13.8. The molecule has 27 heavy (non-hydrogen) atoms. The zero-order valence-corrected chi connectivity index (χ0v) is 14.6. The van der Waals surface area contributed by atoms with E-state index >= 15 is 0 Å². The van der Waals surface area contributed by atoms with Crippen LogP contribution >= 0.6 is 0 Å². The number of benzene rings is 2. The van der Waals surface area contributed by atoms with E-state index in [1.165, 1.54) is 12.1 Å². The first-order chi connectivity index (χ1) is 12.9. The van der Waals surface area contributed by atoms with Crippen LogP contribution < -0.4 is 4.72 Å². The van der Waals surface area contributed by atoms with E-state index in [-0.39, 0.29) is 5.69 Å². The summed E-state index contributed by atoms with van der Waals surface area (Å²) in [5, 5.41) is 0. The lowest BCUT2D eigenvalue weighted by atomic mass is 10.1. The van der Waals surface area contributed by atoms with Gasteiger partial charge in [0.2, 0.25) is 0 Å². The number of pyridine rings is 1. The molecule has 0 fully saturated rings. The van der Waals surface area contributed by atoms with Crippen molar-refractivity contribution in [2.75, 3.05) is 4.72 Å². The van der Waals surface area contributed by atoms with E-state index in [4.69, 9.17) is 0 Å². The minimum absolute atomic E-state index is 0.185. The van der Waals surface area contributed by atoms with Gasteiger partial charge < -0.3 is 4.40 Å². The van der Waals surface area contributed by atoms with Crippen LogP contribution in [0.15, 0.2) is 78.0 Å². The highest BCUT2D eigenvalue weighted by Crippen LogP contribution is 2.24. The van der Waals surface area contributed by atoms with Crippen molar-refractivity contribution in [3.8, 4) is 11.3 Å². The van der Waals surface area contributed by atoms with E-state index in [0.717, 1.165) is 35.1 Å². The molecule has 1 N–H and O–H groups in total. The Balaban J connectivity index is 1.62. The molecule has 0 atom stereocenters. The van der Waals surface area contributed by atoms with Crippen LogP contribution in [0, 0.1) is 11.6 Å². The summed E-state index contributed by atoms with van der Waals surface area (Å²) >= 11 is 0. The Hall–Kier alpha value is -3.26. The minimum atomic E-state index is -4.39. The van der Waals surface area contributed by atoms with Gasteiger partial charge in [-0.25, -0.2) is 22.2 Å². The number of sulfonamides is 1. The van der Waals surface area contributed by atoms with Gasteiger partial charge in [-0.1, -0.05) is 24.3 Å². The van der Waals surface area contributed by atoms with Gasteiger partial charge in [0, 0.05) is 23.6 Å². The number of anilines is 1. The number of nitrogens with zero attached hydrogens (tertiary/aromatic N) is 2. The SMILES string of the molecule is O=S(=O)(Nc1ccc(-c2cn3ccccc3n2)cc1)c1c(F)cccc1F. The molecule has 0 aliphatic carbocycles. The van der Waals surface area contributed by atoms with Crippen molar-refractivity contribution in [1.82, 2.24) is 9.38 Å². The lowest BCUT2D eigenvalue weighted by Gasteiger charge is -2.10. The van der Waals surface area contributed by atoms with Crippen molar-refractivity contribution in [1.29, 1.82) is 0 Å². The molecule has 8 heteroatoms. The molecule has 0 amide bonds. The molecular formula is C19H13F2N3O2S. The third-order valence-electron chi connectivity index (χ3n) is 3.98. The monoisotopic (exact) mass is 385 g/mol. The highest BCUT2D eigenvalue weighted by atomic mass is 32.2. The molecule has 2 aromatic carbocycles. The summed E-state index contributed by atoms with van der Waals surface area (Å²) < 4.78 is 56.2. The number of imidazole rings is 1. The Morgan fingerprint density at radius 1 is 0.889 bits per heavy atom. The van der Waals surface area contributed by atoms with Crippen LogP contribution in [0.5, 0.6) is 0 Å². The molecule has 0 spiro atoms. The molecule has 0 saturated carbocycles. The van der Waals surface area contributed by atoms with E-state index in [0.29, 0.717) is 0 Å². The van der Waals surface area contributed by atoms with E-state index < -0.39 is 26.6 Å². The number of halogens is 2. The first-order valence-electron chi connectivity index (χ1n) is 7.95. The Kier molecular flexibility index (Phi) is 4.12. The van der Waals surface area contributed by atoms with Gasteiger partial charge in [-0.3, -0.25) is 4.72 Å². The number of rotatable bonds is 4. The average Bonchev–Trinajstić information content (AvgIpc) is 3.05. The lowest BCUT2D eigenvalue weighted by Crippen LogP contribution is -2.16. The standard InChI is InChI=1S/C19H13F2N3O2S/c20-15-4-3-5-16(21)19(15)27(25,26)23-14-9-7-13(8-10-14)17-12-24-11-2-1-6-18(24)22-17/h1-12,23H. The van der Waals surface area contributed by atoms with E-state index in [2.05, 4.69) is 9.71 Å². The molecule has 0 unspecified atom stereocenters. The van der Waals surface area contributed by atoms with Gasteiger partial charge in [0.05, 0.1) is 5.69 Å². The van der Waals surface area contributed by atoms with Crippen LogP contribution in [-0.4, -0.2) is 17.8 Å². The number of hydrogen-bond acceptors (Lipinski definition) is 3. The van der Waals surface area contributed by atoms with Crippen molar-refractivity contribution in [3.63, 3.8) is 0 Å². The van der Waals surface area contributed by atoms with Crippen LogP contribution in [0.4, 0.5) is 14.5 Å². The quantitative estimate of drug-likeness (QED) is 0.576. The predicted octanol–water partition coefficient (Wildman–Crippen LogP) is 4.08. The van der Waals surface area contributed by atoms with Crippen LogP contribution in [0.3, 0.4) is 0 Å². The smallest absolute Gasteiger partial charge is 0.267 e. The third kappa shape index (κ3) is 3.26. The Morgan fingerprint density at radius 3 is 2.26 bits per heavy atom. The van der Waals surface area contributed by atoms with E-state index in [1.54, 1.807) is 12.1 Å². The lowest BCUT2D eigenvalue weighted by molar-refractivity contribution is 0.521. The summed E-state index contributed by atoms with van der Waals surface area (Å²) in [6.07, 6.45) is 3.72. The summed E-state index contributed by atoms with van der Waals surface area (Å²) in [6, 6.07) is 14.9. The molecular weight excluding hydrogens is 372 g/mol. The second-order valence-corrected chi connectivity index (χ2v) is 7.45. The number of aromatic nitrogens is 2. The van der Waals surface area contributed by atoms with Gasteiger partial charge in [0.15, 0.2) is 4.90 Å². The van der Waals surface area contributed by atoms with Gasteiger partial charge in [0.1, 0.15) is 17.3 Å². The second kappa shape index (κ2) is 6.48. The van der Waals surface area contributed by atoms with Crippen molar-refractivity contribution in [2.45, 2.75) is 4.90 Å². The zero-order chi connectivity index (χ0) is 19.0. The predicted molar refractivity (Wildman–Crippen MR) is 97.8 cm³/mol. The van der Waals surface area contributed by atoms with Gasteiger partial charge in [0.25, 0.3) is 10.0 Å². The summed E-state index contributed by atoms with van der Waals surface area (Å²) in [6.45, 7) is 0. The fourth-order valence-electron chi connectivity index (χ4n) is 2.73. The Labute approximate surface area is 154 Å². The van der Waals surface area contributed by atoms with Crippen molar-refractivity contribution in [3.05, 3.63) is 84.7 Å². The number of hydrogen-bond donors (Lipinski definition) is 1. The fraction of sp³-hybridized carbons (Fsp3) is 0. The molecule has 4 rings (SSSR count). The number of nitrogens with one attached hydrogen (secondary N) is 1. The molecule has 136 valence electrons. The molecule has 2 heterocycles. The topological polar surface area (TPSA) is 63.5 Å². The van der Waals surface area contributed by atoms with Crippen molar-refractivity contribution >= 4 is 21.4 Å². The van der Waals surface area contributed by atoms with Crippen molar-refractivity contribution < 1.29 is 17.2 Å². The Morgan fingerprint density at radius 2 is 1.59 bits per heavy atom. The zero-order valence-electron chi connectivity index (χ0n) is 13.8. The second-order valence-electron chi connectivity index (χ2n) is 5.83. The van der Waals surface area contributed by atoms with E-state index in [9.17, 15) is 17.2 Å². The molecule has 2 aromatic heterocycles. The summed E-state index contributed by atoms with van der Waals surface area (Å²) in [4.78, 5) is 3.48. The first-order valence-corrected chi connectivity index (χ1v) is 9.43. The molecule has 0 aliphatic rings. The molecule has 0 aliphatic heterocycles. The molecule has 4 aromatic rings. The highest BCUT2D eigenvalue weighted by Gasteiger charge is 2.23. The minimum Gasteiger partial charge on any atom is -0.306 e. The average molecular weight is 385 g/mol. The maximum atomic E-state index is 13.8. The normalized spacial score (nSPS) is 11.6. The Bertz CT molecular complexity index is 1180. The van der Waals surface area contributed by atoms with Crippen LogP contribution in [0.25, 0.3) is 16.9 Å². The van der Waals surface area contributed by atoms with Crippen LogP contribution in [0.1, 0.15) is 0 Å². The molecule has 0 radical (unpaired) electrons. The summed E-state index contributed by atoms with van der Waals surface area (Å²) in [7, 11) is -4.39. The fourth-order valence-corrected chi connectivity index (χ4v) is 3.93. The largest absolute Gasteiger partial charge is 0.306 e. The van der Waals surface area contributed by atoms with Gasteiger partial charge in [-0.2, -0.15) is 0 Å². The van der Waals surface area contributed by atoms with Crippen molar-refractivity contribution in [2.24, 2.45) is 0 Å². The van der Waals surface area contributed by atoms with Gasteiger partial charge >= 0.3 is 0 Å². The van der Waals surface area contributed by atoms with Gasteiger partial charge in [-0.05, 0) is 36.4 Å². The van der Waals surface area contributed by atoms with E-state index in [1.807, 2.05) is 35.0 Å². The van der Waals surface area contributed by atoms with Crippen LogP contribution in [-0.2, 0) is 10.0 Å². The molecule has 0 saturated heterocycles. The summed E-state index contributed by atoms with van der Waals surface area (Å²) in [5.41, 5.74) is 2.46. The maximum Gasteiger partial charge on any atom is 0.267 e. The summed E-state index contributed by atoms with van der Waals surface area (Å²) in [5.74, 6) is -2.30. The molecule has 0 bridgehead atoms. The third-order valence-corrected chi connectivity index (χ3v) is 5.42. The highest BCUT2D eigenvalue weighted by molar-refractivity contribution is 7.92.